The van der Waals surface area contributed by atoms with Crippen LogP contribution in [0.1, 0.15) is 44.1 Å². The van der Waals surface area contributed by atoms with Crippen molar-refractivity contribution in [2.45, 2.75) is 48.3 Å². The fourth-order valence-corrected chi connectivity index (χ4v) is 7.43. The first-order chi connectivity index (χ1) is 18.5. The summed E-state index contributed by atoms with van der Waals surface area (Å²) in [6.45, 7) is 3.77. The molecule has 1 amide bonds. The van der Waals surface area contributed by atoms with Crippen LogP contribution in [0.25, 0.3) is 6.08 Å². The summed E-state index contributed by atoms with van der Waals surface area (Å²) in [5, 5.41) is 0. The van der Waals surface area contributed by atoms with E-state index in [9.17, 15) is 21.6 Å². The van der Waals surface area contributed by atoms with Gasteiger partial charge in [0.05, 0.1) is 9.79 Å². The molecule has 0 atom stereocenters. The van der Waals surface area contributed by atoms with Crippen LogP contribution in [0, 0.1) is 5.92 Å². The van der Waals surface area contributed by atoms with Gasteiger partial charge in [0.25, 0.3) is 5.91 Å². The number of carbonyl (C=O) groups is 1. The Morgan fingerprint density at radius 2 is 1.49 bits per heavy atom. The highest BCUT2D eigenvalue weighted by Crippen LogP contribution is 2.26. The number of hydrogen-bond donors (Lipinski definition) is 0. The highest BCUT2D eigenvalue weighted by Gasteiger charge is 2.28. The lowest BCUT2D eigenvalue weighted by molar-refractivity contribution is -0.113. The lowest BCUT2D eigenvalue weighted by atomic mass is 9.89. The molecule has 2 fully saturated rings. The summed E-state index contributed by atoms with van der Waals surface area (Å²) in [5.74, 6) is 0.452. The average molecular weight is 574 g/mol. The molecular weight excluding hydrogens is 534 g/mol. The quantitative estimate of drug-likeness (QED) is 0.443. The molecule has 39 heavy (non-hydrogen) atoms. The molecule has 1 heterocycles. The van der Waals surface area contributed by atoms with Crippen molar-refractivity contribution < 1.29 is 21.6 Å². The van der Waals surface area contributed by atoms with Crippen LogP contribution in [-0.4, -0.2) is 78.0 Å². The zero-order chi connectivity index (χ0) is 28.0. The SMILES string of the molecule is CN(C(=O)C=Cc1ccc(S(C)(=O)=O)cc1)c1ccc(S(=O)(=O)N2CCCN(CC3CCCCC3)CC2)cc1. The molecule has 0 N–H and O–H groups in total. The molecule has 0 unspecified atom stereocenters. The Morgan fingerprint density at radius 3 is 2.13 bits per heavy atom. The third-order valence-corrected chi connectivity index (χ3v) is 10.7. The van der Waals surface area contributed by atoms with Gasteiger partial charge in [-0.3, -0.25) is 4.79 Å². The molecule has 1 saturated carbocycles. The molecule has 0 aromatic heterocycles. The Balaban J connectivity index is 1.35. The fraction of sp³-hybridized carbons (Fsp3) is 0.483. The molecule has 1 saturated heterocycles. The Morgan fingerprint density at radius 1 is 0.846 bits per heavy atom. The molecule has 4 rings (SSSR count). The molecule has 2 aliphatic rings. The van der Waals surface area contributed by atoms with Gasteiger partial charge in [-0.2, -0.15) is 4.31 Å². The summed E-state index contributed by atoms with van der Waals surface area (Å²) in [5.41, 5.74) is 1.27. The van der Waals surface area contributed by atoms with E-state index in [1.807, 2.05) is 0 Å². The number of sulfonamides is 1. The second-order valence-electron chi connectivity index (χ2n) is 10.6. The van der Waals surface area contributed by atoms with Crippen molar-refractivity contribution >= 4 is 37.5 Å². The first kappa shape index (κ1) is 29.5. The van der Waals surface area contributed by atoms with E-state index in [1.165, 1.54) is 55.2 Å². The highest BCUT2D eigenvalue weighted by atomic mass is 32.2. The number of sulfone groups is 1. The van der Waals surface area contributed by atoms with E-state index in [2.05, 4.69) is 4.90 Å². The van der Waals surface area contributed by atoms with Crippen molar-refractivity contribution in [1.82, 2.24) is 9.21 Å². The van der Waals surface area contributed by atoms with E-state index in [1.54, 1.807) is 53.8 Å². The van der Waals surface area contributed by atoms with Crippen molar-refractivity contribution in [3.8, 4) is 0 Å². The number of hydrogen-bond acceptors (Lipinski definition) is 6. The number of likely N-dealkylation sites (N-methyl/N-ethyl adjacent to an activating group) is 1. The van der Waals surface area contributed by atoms with E-state index in [-0.39, 0.29) is 15.7 Å². The minimum absolute atomic E-state index is 0.218. The molecule has 0 spiro atoms. The van der Waals surface area contributed by atoms with Crippen molar-refractivity contribution in [2.24, 2.45) is 5.92 Å². The van der Waals surface area contributed by atoms with Crippen LogP contribution in [0.4, 0.5) is 5.69 Å². The van der Waals surface area contributed by atoms with E-state index < -0.39 is 19.9 Å². The zero-order valence-electron chi connectivity index (χ0n) is 22.8. The van der Waals surface area contributed by atoms with Gasteiger partial charge in [-0.1, -0.05) is 31.4 Å². The summed E-state index contributed by atoms with van der Waals surface area (Å²) < 4.78 is 51.6. The third kappa shape index (κ3) is 7.78. The second-order valence-corrected chi connectivity index (χ2v) is 14.6. The Hall–Kier alpha value is -2.53. The molecule has 0 bridgehead atoms. The predicted molar refractivity (Wildman–Crippen MR) is 155 cm³/mol. The standard InChI is InChI=1S/C29H39N3O5S2/c1-30(29(33)18-11-24-9-14-27(15-10-24)38(2,34)35)26-12-16-28(17-13-26)39(36,37)32-20-6-19-31(21-22-32)23-25-7-4-3-5-8-25/h9-18,25H,3-8,19-23H2,1-2H3. The fourth-order valence-electron chi connectivity index (χ4n) is 5.33. The normalized spacial score (nSPS) is 18.7. The number of rotatable bonds is 8. The van der Waals surface area contributed by atoms with Gasteiger partial charge in [0.1, 0.15) is 0 Å². The van der Waals surface area contributed by atoms with Crippen LogP contribution < -0.4 is 4.90 Å². The topological polar surface area (TPSA) is 95.1 Å². The molecular formula is C29H39N3O5S2. The van der Waals surface area contributed by atoms with E-state index in [4.69, 9.17) is 0 Å². The van der Waals surface area contributed by atoms with Crippen LogP contribution in [0.3, 0.4) is 0 Å². The summed E-state index contributed by atoms with van der Waals surface area (Å²) in [6.07, 6.45) is 11.5. The van der Waals surface area contributed by atoms with Crippen LogP contribution in [0.5, 0.6) is 0 Å². The molecule has 212 valence electrons. The zero-order valence-corrected chi connectivity index (χ0v) is 24.5. The minimum atomic E-state index is -3.62. The van der Waals surface area contributed by atoms with Gasteiger partial charge in [0, 0.05) is 51.2 Å². The predicted octanol–water partition coefficient (Wildman–Crippen LogP) is 4.04. The van der Waals surface area contributed by atoms with E-state index in [0.29, 0.717) is 24.3 Å². The molecule has 0 radical (unpaired) electrons. The average Bonchev–Trinajstić information content (AvgIpc) is 3.18. The highest BCUT2D eigenvalue weighted by molar-refractivity contribution is 7.90. The lowest BCUT2D eigenvalue weighted by Crippen LogP contribution is -2.36. The molecule has 2 aromatic carbocycles. The monoisotopic (exact) mass is 573 g/mol. The second kappa shape index (κ2) is 12.8. The molecule has 10 heteroatoms. The maximum atomic E-state index is 13.4. The maximum absolute atomic E-state index is 13.4. The number of carbonyl (C=O) groups excluding carboxylic acids is 1. The molecule has 1 aliphatic heterocycles. The largest absolute Gasteiger partial charge is 0.312 e. The van der Waals surface area contributed by atoms with Crippen molar-refractivity contribution in [3.63, 3.8) is 0 Å². The Kier molecular flexibility index (Phi) is 9.64. The number of benzene rings is 2. The first-order valence-corrected chi connectivity index (χ1v) is 17.0. The molecule has 2 aromatic rings. The van der Waals surface area contributed by atoms with Crippen LogP contribution in [0.15, 0.2) is 64.4 Å². The number of amides is 1. The lowest BCUT2D eigenvalue weighted by Gasteiger charge is -2.28. The maximum Gasteiger partial charge on any atom is 0.250 e. The van der Waals surface area contributed by atoms with Gasteiger partial charge in [0.2, 0.25) is 10.0 Å². The minimum Gasteiger partial charge on any atom is -0.312 e. The van der Waals surface area contributed by atoms with Gasteiger partial charge < -0.3 is 9.80 Å². The van der Waals surface area contributed by atoms with Crippen molar-refractivity contribution in [3.05, 3.63) is 60.2 Å². The van der Waals surface area contributed by atoms with Gasteiger partial charge in [-0.15, -0.1) is 0 Å². The molecule has 1 aliphatic carbocycles. The van der Waals surface area contributed by atoms with E-state index >= 15 is 0 Å². The van der Waals surface area contributed by atoms with Crippen LogP contribution in [-0.2, 0) is 24.7 Å². The smallest absolute Gasteiger partial charge is 0.250 e. The summed E-state index contributed by atoms with van der Waals surface area (Å²) in [6, 6.07) is 12.7. The number of anilines is 1. The Labute approximate surface area is 233 Å². The van der Waals surface area contributed by atoms with Crippen LogP contribution in [0.2, 0.25) is 0 Å². The van der Waals surface area contributed by atoms with Gasteiger partial charge >= 0.3 is 0 Å². The summed E-state index contributed by atoms with van der Waals surface area (Å²) in [4.78, 5) is 17.0. The Bertz CT molecular complexity index is 1370. The summed E-state index contributed by atoms with van der Waals surface area (Å²) >= 11 is 0. The van der Waals surface area contributed by atoms with E-state index in [0.717, 1.165) is 38.2 Å². The molecule has 8 nitrogen and oxygen atoms in total. The third-order valence-electron chi connectivity index (χ3n) is 7.71. The first-order valence-electron chi connectivity index (χ1n) is 13.6. The number of nitrogens with zero attached hydrogens (tertiary/aromatic N) is 3. The van der Waals surface area contributed by atoms with Crippen molar-refractivity contribution in [2.75, 3.05) is 50.9 Å². The van der Waals surface area contributed by atoms with Gasteiger partial charge in [0.15, 0.2) is 9.84 Å². The summed E-state index contributed by atoms with van der Waals surface area (Å²) in [7, 11) is -5.27. The van der Waals surface area contributed by atoms with Crippen molar-refractivity contribution in [1.29, 1.82) is 0 Å². The van der Waals surface area contributed by atoms with Gasteiger partial charge in [-0.25, -0.2) is 16.8 Å². The van der Waals surface area contributed by atoms with Crippen LogP contribution >= 0.6 is 0 Å². The van der Waals surface area contributed by atoms with Gasteiger partial charge in [-0.05, 0) is 79.8 Å².